The topological polar surface area (TPSA) is 95.2 Å². The van der Waals surface area contributed by atoms with Gasteiger partial charge in [-0.15, -0.1) is 0 Å². The van der Waals surface area contributed by atoms with Crippen molar-refractivity contribution < 1.29 is 19.1 Å². The van der Waals surface area contributed by atoms with Gasteiger partial charge in [-0.3, -0.25) is 4.79 Å². The second kappa shape index (κ2) is 6.67. The average Bonchev–Trinajstić information content (AvgIpc) is 2.48. The molecule has 7 nitrogen and oxygen atoms in total. The smallest absolute Gasteiger partial charge is 0.405 e. The first-order valence-corrected chi connectivity index (χ1v) is 6.21. The van der Waals surface area contributed by atoms with E-state index < -0.39 is 18.5 Å². The van der Waals surface area contributed by atoms with Gasteiger partial charge in [0, 0.05) is 18.3 Å². The second-order valence-electron chi connectivity index (χ2n) is 3.88. The summed E-state index contributed by atoms with van der Waals surface area (Å²) in [6, 6.07) is 7.43. The van der Waals surface area contributed by atoms with Crippen LogP contribution in [0.1, 0.15) is 10.5 Å². The second-order valence-corrected chi connectivity index (χ2v) is 4.24. The van der Waals surface area contributed by atoms with Crippen LogP contribution in [-0.2, 0) is 9.53 Å². The molecule has 0 bridgehead atoms. The number of pyridine rings is 2. The number of hydrogen-bond donors (Lipinski definition) is 1. The third-order valence-electron chi connectivity index (χ3n) is 2.40. The van der Waals surface area contributed by atoms with Crippen LogP contribution < -0.4 is 10.0 Å². The van der Waals surface area contributed by atoms with Crippen molar-refractivity contribution in [2.45, 2.75) is 0 Å². The van der Waals surface area contributed by atoms with Gasteiger partial charge in [-0.25, -0.2) is 9.78 Å². The summed E-state index contributed by atoms with van der Waals surface area (Å²) in [5.74, 6) is -1.48. The number of aromatic nitrogens is 2. The molecule has 1 amide bonds. The quantitative estimate of drug-likeness (QED) is 0.396. The van der Waals surface area contributed by atoms with Gasteiger partial charge in [0.25, 0.3) is 5.91 Å². The predicted molar refractivity (Wildman–Crippen MR) is 73.6 cm³/mol. The van der Waals surface area contributed by atoms with Crippen LogP contribution in [0.15, 0.2) is 42.7 Å². The van der Waals surface area contributed by atoms with Gasteiger partial charge in [0.1, 0.15) is 0 Å². The van der Waals surface area contributed by atoms with Crippen LogP contribution in [0.4, 0.5) is 5.69 Å². The third kappa shape index (κ3) is 3.90. The summed E-state index contributed by atoms with van der Waals surface area (Å²) in [6.07, 6.45) is 2.63. The van der Waals surface area contributed by atoms with Gasteiger partial charge in [0.15, 0.2) is 18.0 Å². The van der Waals surface area contributed by atoms with E-state index in [1.165, 1.54) is 24.4 Å². The zero-order valence-corrected chi connectivity index (χ0v) is 11.4. The number of hydrogen-bond acceptors (Lipinski definition) is 5. The average molecular weight is 308 g/mol. The molecule has 0 unspecified atom stereocenters. The molecule has 0 saturated heterocycles. The Labute approximate surface area is 124 Å². The Bertz CT molecular complexity index is 678. The van der Waals surface area contributed by atoms with Crippen LogP contribution in [0.2, 0.25) is 5.15 Å². The number of rotatable bonds is 4. The molecule has 2 aromatic rings. The van der Waals surface area contributed by atoms with Gasteiger partial charge in [-0.1, -0.05) is 11.6 Å². The zero-order valence-electron chi connectivity index (χ0n) is 10.7. The first-order valence-electron chi connectivity index (χ1n) is 5.83. The van der Waals surface area contributed by atoms with Crippen LogP contribution in [0.3, 0.4) is 0 Å². The number of ether oxygens (including phenoxy) is 1. The predicted octanol–water partition coefficient (Wildman–Crippen LogP) is 1.16. The Hall–Kier alpha value is -2.67. The van der Waals surface area contributed by atoms with E-state index in [1.54, 1.807) is 12.1 Å². The molecule has 0 aliphatic carbocycles. The molecule has 1 N–H and O–H groups in total. The summed E-state index contributed by atoms with van der Waals surface area (Å²) >= 11 is 5.77. The van der Waals surface area contributed by atoms with Crippen molar-refractivity contribution in [1.29, 1.82) is 0 Å². The normalized spacial score (nSPS) is 9.95. The lowest BCUT2D eigenvalue weighted by molar-refractivity contribution is -0.608. The van der Waals surface area contributed by atoms with Crippen molar-refractivity contribution in [3.8, 4) is 0 Å². The fourth-order valence-corrected chi connectivity index (χ4v) is 1.62. The number of carbonyl (C=O) groups is 2. The van der Waals surface area contributed by atoms with E-state index in [1.807, 2.05) is 0 Å². The standard InChI is InChI=1S/C13H10ClN3O4/c14-12-9(4-3-6-15-12)16-11(18)8-21-13(19)10-5-1-2-7-17(10)20/h1-7H,8H2,(H,16,18). The van der Waals surface area contributed by atoms with Crippen molar-refractivity contribution in [2.24, 2.45) is 0 Å². The van der Waals surface area contributed by atoms with E-state index in [2.05, 4.69) is 10.3 Å². The molecule has 0 aliphatic rings. The molecule has 0 fully saturated rings. The first-order chi connectivity index (χ1) is 10.1. The molecule has 0 spiro atoms. The van der Waals surface area contributed by atoms with E-state index in [0.717, 1.165) is 6.20 Å². The van der Waals surface area contributed by atoms with Crippen molar-refractivity contribution >= 4 is 29.2 Å². The summed E-state index contributed by atoms with van der Waals surface area (Å²) in [7, 11) is 0. The van der Waals surface area contributed by atoms with E-state index in [-0.39, 0.29) is 10.8 Å². The largest absolute Gasteiger partial charge is 0.618 e. The van der Waals surface area contributed by atoms with E-state index in [0.29, 0.717) is 10.4 Å². The van der Waals surface area contributed by atoms with Gasteiger partial charge >= 0.3 is 11.7 Å². The van der Waals surface area contributed by atoms with Gasteiger partial charge in [0.05, 0.1) is 5.69 Å². The molecule has 0 saturated carbocycles. The van der Waals surface area contributed by atoms with Crippen LogP contribution >= 0.6 is 11.6 Å². The Kier molecular flexibility index (Phi) is 4.68. The SMILES string of the molecule is O=C(COC(=O)c1cccc[n+]1[O-])Nc1cccnc1Cl. The zero-order chi connectivity index (χ0) is 15.2. The Morgan fingerprint density at radius 2 is 2.14 bits per heavy atom. The summed E-state index contributed by atoms with van der Waals surface area (Å²) in [4.78, 5) is 27.0. The lowest BCUT2D eigenvalue weighted by atomic mass is 10.3. The maximum Gasteiger partial charge on any atom is 0.405 e. The fraction of sp³-hybridized carbons (Fsp3) is 0.0769. The summed E-state index contributed by atoms with van der Waals surface area (Å²) in [5, 5.41) is 13.9. The molecule has 0 aliphatic heterocycles. The minimum absolute atomic E-state index is 0.123. The van der Waals surface area contributed by atoms with Gasteiger partial charge < -0.3 is 15.3 Å². The fourth-order valence-electron chi connectivity index (χ4n) is 1.46. The van der Waals surface area contributed by atoms with Gasteiger partial charge in [-0.2, -0.15) is 4.73 Å². The molecule has 2 rings (SSSR count). The lowest BCUT2D eigenvalue weighted by Crippen LogP contribution is -2.35. The summed E-state index contributed by atoms with van der Waals surface area (Å²) in [5.41, 5.74) is 0.100. The number of nitrogens with one attached hydrogen (secondary N) is 1. The highest BCUT2D eigenvalue weighted by Gasteiger charge is 2.18. The number of amides is 1. The van der Waals surface area contributed by atoms with Crippen LogP contribution in [0.25, 0.3) is 0 Å². The Balaban J connectivity index is 1.91. The van der Waals surface area contributed by atoms with E-state index >= 15 is 0 Å². The number of anilines is 1. The van der Waals surface area contributed by atoms with Gasteiger partial charge in [-0.05, 0) is 18.2 Å². The first kappa shape index (κ1) is 14.7. The summed E-state index contributed by atoms with van der Waals surface area (Å²) in [6.45, 7) is -0.543. The molecular weight excluding hydrogens is 298 g/mol. The Morgan fingerprint density at radius 3 is 2.86 bits per heavy atom. The monoisotopic (exact) mass is 307 g/mol. The number of carbonyl (C=O) groups excluding carboxylic acids is 2. The van der Waals surface area contributed by atoms with Gasteiger partial charge in [0.2, 0.25) is 0 Å². The maximum absolute atomic E-state index is 11.6. The molecule has 0 radical (unpaired) electrons. The highest BCUT2D eigenvalue weighted by molar-refractivity contribution is 6.32. The van der Waals surface area contributed by atoms with Crippen LogP contribution in [0, 0.1) is 5.21 Å². The number of nitrogens with zero attached hydrogens (tertiary/aromatic N) is 2. The molecule has 21 heavy (non-hydrogen) atoms. The molecule has 8 heteroatoms. The van der Waals surface area contributed by atoms with E-state index in [4.69, 9.17) is 16.3 Å². The molecule has 2 heterocycles. The van der Waals surface area contributed by atoms with Crippen LogP contribution in [-0.4, -0.2) is 23.5 Å². The maximum atomic E-state index is 11.6. The van der Waals surface area contributed by atoms with E-state index in [9.17, 15) is 14.8 Å². The number of halogens is 1. The van der Waals surface area contributed by atoms with Crippen molar-refractivity contribution in [3.05, 3.63) is 58.8 Å². The molecular formula is C13H10ClN3O4. The molecule has 0 aromatic carbocycles. The van der Waals surface area contributed by atoms with Crippen molar-refractivity contribution in [2.75, 3.05) is 11.9 Å². The van der Waals surface area contributed by atoms with Crippen molar-refractivity contribution in [1.82, 2.24) is 4.98 Å². The Morgan fingerprint density at radius 1 is 1.33 bits per heavy atom. The minimum Gasteiger partial charge on any atom is -0.618 e. The highest BCUT2D eigenvalue weighted by Crippen LogP contribution is 2.17. The third-order valence-corrected chi connectivity index (χ3v) is 2.70. The lowest BCUT2D eigenvalue weighted by Gasteiger charge is -2.07. The number of esters is 1. The molecule has 2 aromatic heterocycles. The highest BCUT2D eigenvalue weighted by atomic mass is 35.5. The van der Waals surface area contributed by atoms with Crippen molar-refractivity contribution in [3.63, 3.8) is 0 Å². The molecule has 108 valence electrons. The van der Waals surface area contributed by atoms with Crippen LogP contribution in [0.5, 0.6) is 0 Å². The summed E-state index contributed by atoms with van der Waals surface area (Å²) < 4.78 is 5.11. The molecule has 0 atom stereocenters. The minimum atomic E-state index is -0.891.